The standard InChI is InChI=1S/C19H24N4O2S/c24-17-13-22(12-16(17)23-8-1-2-9-23)11-14-3-5-15(6-4-14)18(25)21-19-20-7-10-26-19/h3-7,10,16-17,24H,1-2,8-9,11-13H2,(H,20,21,25)/t16-,17-/m1/s1. The number of hydrogen-bond donors (Lipinski definition) is 2. The number of thiazole rings is 1. The zero-order valence-corrected chi connectivity index (χ0v) is 15.5. The average molecular weight is 372 g/mol. The molecule has 1 amide bonds. The Morgan fingerprint density at radius 3 is 2.69 bits per heavy atom. The van der Waals surface area contributed by atoms with Gasteiger partial charge in [0.1, 0.15) is 0 Å². The lowest BCUT2D eigenvalue weighted by atomic mass is 10.1. The molecule has 1 aromatic carbocycles. The fraction of sp³-hybridized carbons (Fsp3) is 0.474. The van der Waals surface area contributed by atoms with Crippen LogP contribution in [-0.2, 0) is 6.54 Å². The number of nitrogens with one attached hydrogen (secondary N) is 1. The van der Waals surface area contributed by atoms with Gasteiger partial charge in [0.2, 0.25) is 0 Å². The van der Waals surface area contributed by atoms with E-state index in [1.807, 2.05) is 29.6 Å². The molecule has 0 radical (unpaired) electrons. The molecule has 7 heteroatoms. The van der Waals surface area contributed by atoms with Crippen LogP contribution in [0.2, 0.25) is 0 Å². The van der Waals surface area contributed by atoms with Crippen LogP contribution >= 0.6 is 11.3 Å². The molecule has 2 saturated heterocycles. The molecular formula is C19H24N4O2S. The lowest BCUT2D eigenvalue weighted by molar-refractivity contribution is 0.0978. The van der Waals surface area contributed by atoms with E-state index >= 15 is 0 Å². The summed E-state index contributed by atoms with van der Waals surface area (Å²) in [6, 6.07) is 7.95. The van der Waals surface area contributed by atoms with Crippen molar-refractivity contribution in [3.05, 3.63) is 47.0 Å². The first-order chi connectivity index (χ1) is 12.7. The summed E-state index contributed by atoms with van der Waals surface area (Å²) in [6.07, 6.45) is 3.89. The molecule has 6 nitrogen and oxygen atoms in total. The predicted molar refractivity (Wildman–Crippen MR) is 102 cm³/mol. The second-order valence-corrected chi connectivity index (χ2v) is 7.95. The van der Waals surface area contributed by atoms with Gasteiger partial charge in [0, 0.05) is 42.8 Å². The first-order valence-corrected chi connectivity index (χ1v) is 10.0. The minimum Gasteiger partial charge on any atom is -0.390 e. The number of amides is 1. The van der Waals surface area contributed by atoms with E-state index in [0.29, 0.717) is 17.2 Å². The topological polar surface area (TPSA) is 68.7 Å². The highest BCUT2D eigenvalue weighted by Gasteiger charge is 2.36. The third kappa shape index (κ3) is 3.96. The summed E-state index contributed by atoms with van der Waals surface area (Å²) in [4.78, 5) is 21.0. The second kappa shape index (κ2) is 7.84. The van der Waals surface area contributed by atoms with Gasteiger partial charge in [0.25, 0.3) is 5.91 Å². The van der Waals surface area contributed by atoms with Crippen molar-refractivity contribution in [2.45, 2.75) is 31.5 Å². The lowest BCUT2D eigenvalue weighted by Gasteiger charge is -2.25. The van der Waals surface area contributed by atoms with Gasteiger partial charge >= 0.3 is 0 Å². The number of carbonyl (C=O) groups excluding carboxylic acids is 1. The second-order valence-electron chi connectivity index (χ2n) is 7.06. The van der Waals surface area contributed by atoms with Gasteiger partial charge in [-0.1, -0.05) is 12.1 Å². The third-order valence-corrected chi connectivity index (χ3v) is 5.91. The van der Waals surface area contributed by atoms with Gasteiger partial charge in [-0.15, -0.1) is 11.3 Å². The van der Waals surface area contributed by atoms with E-state index < -0.39 is 0 Å². The van der Waals surface area contributed by atoms with E-state index in [-0.39, 0.29) is 18.1 Å². The molecule has 1 aromatic heterocycles. The Kier molecular flexibility index (Phi) is 5.31. The molecule has 0 saturated carbocycles. The van der Waals surface area contributed by atoms with Crippen LogP contribution in [0, 0.1) is 0 Å². The van der Waals surface area contributed by atoms with E-state index in [9.17, 15) is 9.90 Å². The van der Waals surface area contributed by atoms with Crippen molar-refractivity contribution in [2.75, 3.05) is 31.5 Å². The molecule has 2 fully saturated rings. The maximum absolute atomic E-state index is 12.2. The number of aliphatic hydroxyl groups excluding tert-OH is 1. The van der Waals surface area contributed by atoms with E-state index in [1.165, 1.54) is 24.2 Å². The Bertz CT molecular complexity index is 729. The van der Waals surface area contributed by atoms with Crippen molar-refractivity contribution in [3.63, 3.8) is 0 Å². The van der Waals surface area contributed by atoms with Crippen LogP contribution in [-0.4, -0.2) is 64.1 Å². The van der Waals surface area contributed by atoms with Gasteiger partial charge < -0.3 is 5.11 Å². The van der Waals surface area contributed by atoms with Crippen LogP contribution in [0.3, 0.4) is 0 Å². The number of carbonyl (C=O) groups is 1. The largest absolute Gasteiger partial charge is 0.390 e. The minimum absolute atomic E-state index is 0.141. The number of hydrogen-bond acceptors (Lipinski definition) is 6. The van der Waals surface area contributed by atoms with Crippen LogP contribution < -0.4 is 5.32 Å². The summed E-state index contributed by atoms with van der Waals surface area (Å²) in [7, 11) is 0. The molecule has 26 heavy (non-hydrogen) atoms. The van der Waals surface area contributed by atoms with Gasteiger partial charge in [0.05, 0.1) is 6.10 Å². The first-order valence-electron chi connectivity index (χ1n) is 9.13. The van der Waals surface area contributed by atoms with E-state index in [4.69, 9.17) is 0 Å². The number of rotatable bonds is 5. The van der Waals surface area contributed by atoms with Gasteiger partial charge in [-0.05, 0) is 43.6 Å². The first kappa shape index (κ1) is 17.6. The summed E-state index contributed by atoms with van der Waals surface area (Å²) >= 11 is 1.40. The third-order valence-electron chi connectivity index (χ3n) is 5.22. The van der Waals surface area contributed by atoms with Crippen molar-refractivity contribution in [1.29, 1.82) is 0 Å². The Labute approximate surface area is 157 Å². The smallest absolute Gasteiger partial charge is 0.257 e. The molecule has 2 aliphatic heterocycles. The summed E-state index contributed by atoms with van der Waals surface area (Å²) in [5.41, 5.74) is 1.78. The van der Waals surface area contributed by atoms with Crippen molar-refractivity contribution >= 4 is 22.4 Å². The molecule has 2 aliphatic rings. The van der Waals surface area contributed by atoms with Gasteiger partial charge in [-0.2, -0.15) is 0 Å². The van der Waals surface area contributed by atoms with Crippen LogP contribution in [0.25, 0.3) is 0 Å². The summed E-state index contributed by atoms with van der Waals surface area (Å²) in [6.45, 7) is 4.65. The number of benzene rings is 1. The Morgan fingerprint density at radius 2 is 2.00 bits per heavy atom. The number of nitrogens with zero attached hydrogens (tertiary/aromatic N) is 3. The molecule has 0 unspecified atom stereocenters. The maximum atomic E-state index is 12.2. The molecule has 4 rings (SSSR count). The molecule has 3 heterocycles. The maximum Gasteiger partial charge on any atom is 0.257 e. The summed E-state index contributed by atoms with van der Waals surface area (Å²) in [5.74, 6) is -0.141. The average Bonchev–Trinajstić information content (AvgIpc) is 3.38. The van der Waals surface area contributed by atoms with Crippen molar-refractivity contribution in [3.8, 4) is 0 Å². The summed E-state index contributed by atoms with van der Waals surface area (Å²) < 4.78 is 0. The van der Waals surface area contributed by atoms with Crippen LogP contribution in [0.5, 0.6) is 0 Å². The van der Waals surface area contributed by atoms with Crippen LogP contribution in [0.4, 0.5) is 5.13 Å². The number of β-amino-alcohol motifs (C(OH)–C–C–N with tert-alkyl or cyclic N) is 1. The van der Waals surface area contributed by atoms with Crippen LogP contribution in [0.1, 0.15) is 28.8 Å². The highest BCUT2D eigenvalue weighted by Crippen LogP contribution is 2.22. The molecule has 2 aromatic rings. The summed E-state index contributed by atoms with van der Waals surface area (Å²) in [5, 5.41) is 15.6. The molecule has 0 aliphatic carbocycles. The van der Waals surface area contributed by atoms with Gasteiger partial charge in [-0.25, -0.2) is 4.98 Å². The Morgan fingerprint density at radius 1 is 1.23 bits per heavy atom. The fourth-order valence-corrected chi connectivity index (χ4v) is 4.41. The molecule has 138 valence electrons. The molecule has 0 spiro atoms. The number of aromatic nitrogens is 1. The molecule has 0 bridgehead atoms. The Balaban J connectivity index is 1.33. The number of anilines is 1. The fourth-order valence-electron chi connectivity index (χ4n) is 3.88. The highest BCUT2D eigenvalue weighted by molar-refractivity contribution is 7.13. The van der Waals surface area contributed by atoms with Crippen molar-refractivity contribution in [2.24, 2.45) is 0 Å². The van der Waals surface area contributed by atoms with Crippen molar-refractivity contribution in [1.82, 2.24) is 14.8 Å². The number of likely N-dealkylation sites (tertiary alicyclic amines) is 2. The van der Waals surface area contributed by atoms with Crippen LogP contribution in [0.15, 0.2) is 35.8 Å². The van der Waals surface area contributed by atoms with Gasteiger partial charge in [-0.3, -0.25) is 19.9 Å². The zero-order valence-electron chi connectivity index (χ0n) is 14.7. The van der Waals surface area contributed by atoms with E-state index in [1.54, 1.807) is 6.20 Å². The normalized spacial score (nSPS) is 24.2. The quantitative estimate of drug-likeness (QED) is 0.841. The lowest BCUT2D eigenvalue weighted by Crippen LogP contribution is -2.41. The molecule has 2 N–H and O–H groups in total. The van der Waals surface area contributed by atoms with E-state index in [2.05, 4.69) is 20.1 Å². The van der Waals surface area contributed by atoms with Crippen molar-refractivity contribution < 1.29 is 9.90 Å². The zero-order chi connectivity index (χ0) is 17.9. The molecular weight excluding hydrogens is 348 g/mol. The van der Waals surface area contributed by atoms with Gasteiger partial charge in [0.15, 0.2) is 5.13 Å². The Hall–Kier alpha value is -1.80. The number of aliphatic hydroxyl groups is 1. The minimum atomic E-state index is -0.267. The highest BCUT2D eigenvalue weighted by atomic mass is 32.1. The molecule has 2 atom stereocenters. The SMILES string of the molecule is O=C(Nc1nccs1)c1ccc(CN2C[C@@H](O)[C@H](N3CCCC3)C2)cc1. The predicted octanol–water partition coefficient (Wildman–Crippen LogP) is 2.04. The monoisotopic (exact) mass is 372 g/mol. The van der Waals surface area contributed by atoms with E-state index in [0.717, 1.165) is 31.7 Å².